The van der Waals surface area contributed by atoms with E-state index in [0.717, 1.165) is 0 Å². The quantitative estimate of drug-likeness (QED) is 0.361. The fraction of sp³-hybridized carbons (Fsp3) is 0.240. The van der Waals surface area contributed by atoms with Gasteiger partial charge in [-0.05, 0) is 56.5 Å². The second-order valence-corrected chi connectivity index (χ2v) is 7.93. The van der Waals surface area contributed by atoms with Crippen molar-refractivity contribution >= 4 is 34.7 Å². The first kappa shape index (κ1) is 25.6. The number of anilines is 1. The Morgan fingerprint density at radius 1 is 0.771 bits per heavy atom. The van der Waals surface area contributed by atoms with Gasteiger partial charge in [0.1, 0.15) is 0 Å². The van der Waals surface area contributed by atoms with E-state index in [-0.39, 0.29) is 17.0 Å². The summed E-state index contributed by atoms with van der Waals surface area (Å²) in [4.78, 5) is 38.6. The molecular formula is C25H27N3O6S. The van der Waals surface area contributed by atoms with Gasteiger partial charge in [0.2, 0.25) is 5.75 Å². The van der Waals surface area contributed by atoms with E-state index in [2.05, 4.69) is 16.2 Å². The van der Waals surface area contributed by atoms with Gasteiger partial charge in [0.15, 0.2) is 11.5 Å². The Bertz CT molecular complexity index is 1150. The van der Waals surface area contributed by atoms with Crippen molar-refractivity contribution in [2.45, 2.75) is 20.8 Å². The lowest BCUT2D eigenvalue weighted by molar-refractivity contribution is 0.0846. The zero-order valence-electron chi connectivity index (χ0n) is 19.7. The van der Waals surface area contributed by atoms with Gasteiger partial charge < -0.3 is 19.5 Å². The Morgan fingerprint density at radius 3 is 2.00 bits per heavy atom. The topological polar surface area (TPSA) is 115 Å². The summed E-state index contributed by atoms with van der Waals surface area (Å²) >= 11 is 1.29. The molecule has 0 saturated heterocycles. The van der Waals surface area contributed by atoms with E-state index in [1.54, 1.807) is 41.8 Å². The van der Waals surface area contributed by atoms with Crippen LogP contribution < -0.4 is 30.4 Å². The third kappa shape index (κ3) is 6.51. The summed E-state index contributed by atoms with van der Waals surface area (Å²) in [7, 11) is 0. The number of thiophene rings is 1. The predicted molar refractivity (Wildman–Crippen MR) is 134 cm³/mol. The summed E-state index contributed by atoms with van der Waals surface area (Å²) in [6.45, 7) is 6.59. The molecule has 0 radical (unpaired) electrons. The van der Waals surface area contributed by atoms with Crippen LogP contribution in [0.25, 0.3) is 0 Å². The highest BCUT2D eigenvalue weighted by Gasteiger charge is 2.20. The summed E-state index contributed by atoms with van der Waals surface area (Å²) in [6.07, 6.45) is 0. The first-order valence-electron chi connectivity index (χ1n) is 11.1. The molecule has 35 heavy (non-hydrogen) atoms. The third-order valence-electron chi connectivity index (χ3n) is 4.63. The van der Waals surface area contributed by atoms with Gasteiger partial charge in [0, 0.05) is 5.56 Å². The van der Waals surface area contributed by atoms with Gasteiger partial charge in [-0.2, -0.15) is 0 Å². The number of hydrogen-bond acceptors (Lipinski definition) is 7. The maximum atomic E-state index is 12.8. The first-order chi connectivity index (χ1) is 17.0. The number of para-hydroxylation sites is 1. The fourth-order valence-corrected chi connectivity index (χ4v) is 3.77. The lowest BCUT2D eigenvalue weighted by Gasteiger charge is -2.17. The molecule has 0 aliphatic carbocycles. The van der Waals surface area contributed by atoms with Gasteiger partial charge in [0.25, 0.3) is 17.7 Å². The Morgan fingerprint density at radius 2 is 1.40 bits per heavy atom. The van der Waals surface area contributed by atoms with Crippen LogP contribution in [0.3, 0.4) is 0 Å². The van der Waals surface area contributed by atoms with Crippen LogP contribution in [0.15, 0.2) is 53.9 Å². The minimum absolute atomic E-state index is 0.189. The fourth-order valence-electron chi connectivity index (χ4n) is 3.15. The van der Waals surface area contributed by atoms with E-state index in [0.29, 0.717) is 47.6 Å². The number of carbonyl (C=O) groups excluding carboxylic acids is 3. The number of ether oxygens (including phenoxy) is 3. The molecule has 1 heterocycles. The Hall–Kier alpha value is -4.05. The molecule has 0 saturated carbocycles. The molecule has 0 bridgehead atoms. The van der Waals surface area contributed by atoms with Gasteiger partial charge in [0.05, 0.1) is 35.9 Å². The number of nitrogens with one attached hydrogen (secondary N) is 3. The molecule has 184 valence electrons. The molecule has 0 spiro atoms. The number of hydrogen-bond donors (Lipinski definition) is 3. The van der Waals surface area contributed by atoms with Gasteiger partial charge in [-0.3, -0.25) is 25.2 Å². The van der Waals surface area contributed by atoms with Crippen LogP contribution in [0, 0.1) is 0 Å². The van der Waals surface area contributed by atoms with Crippen LogP contribution >= 0.6 is 11.3 Å². The summed E-state index contributed by atoms with van der Waals surface area (Å²) in [5.41, 5.74) is 5.50. The van der Waals surface area contributed by atoms with Crippen molar-refractivity contribution in [1.82, 2.24) is 10.9 Å². The molecule has 3 aromatic rings. The van der Waals surface area contributed by atoms with Crippen molar-refractivity contribution in [2.24, 2.45) is 0 Å². The van der Waals surface area contributed by atoms with Crippen LogP contribution in [-0.4, -0.2) is 37.5 Å². The maximum absolute atomic E-state index is 12.8. The molecule has 9 nitrogen and oxygen atoms in total. The van der Waals surface area contributed by atoms with Gasteiger partial charge in [-0.15, -0.1) is 11.3 Å². The molecule has 0 unspecified atom stereocenters. The standard InChI is InChI=1S/C25H27N3O6S/c1-4-32-19-14-16(15-20(33-5-2)22(19)34-6-3)23(29)27-28-24(30)17-10-7-8-11-18(17)26-25(31)21-12-9-13-35-21/h7-15H,4-6H2,1-3H3,(H,26,31)(H,27,29)(H,28,30). The average molecular weight is 498 g/mol. The lowest BCUT2D eigenvalue weighted by Crippen LogP contribution is -2.42. The number of rotatable bonds is 10. The summed E-state index contributed by atoms with van der Waals surface area (Å²) in [5.74, 6) is -0.376. The summed E-state index contributed by atoms with van der Waals surface area (Å²) < 4.78 is 16.9. The number of benzene rings is 2. The molecule has 0 fully saturated rings. The Kier molecular flexibility index (Phi) is 9.08. The van der Waals surface area contributed by atoms with Crippen molar-refractivity contribution in [3.05, 3.63) is 69.9 Å². The van der Waals surface area contributed by atoms with E-state index in [4.69, 9.17) is 14.2 Å². The van der Waals surface area contributed by atoms with Crippen LogP contribution in [0.5, 0.6) is 17.2 Å². The van der Waals surface area contributed by atoms with Crippen molar-refractivity contribution in [3.63, 3.8) is 0 Å². The zero-order valence-corrected chi connectivity index (χ0v) is 20.5. The minimum atomic E-state index is -0.596. The van der Waals surface area contributed by atoms with Crippen molar-refractivity contribution < 1.29 is 28.6 Å². The zero-order chi connectivity index (χ0) is 25.2. The monoisotopic (exact) mass is 497 g/mol. The molecule has 3 N–H and O–H groups in total. The van der Waals surface area contributed by atoms with Crippen LogP contribution in [0.2, 0.25) is 0 Å². The van der Waals surface area contributed by atoms with Crippen molar-refractivity contribution in [1.29, 1.82) is 0 Å². The molecule has 0 atom stereocenters. The highest BCUT2D eigenvalue weighted by atomic mass is 32.1. The van der Waals surface area contributed by atoms with Gasteiger partial charge in [-0.1, -0.05) is 18.2 Å². The second kappa shape index (κ2) is 12.4. The summed E-state index contributed by atoms with van der Waals surface area (Å²) in [5, 5.41) is 4.51. The van der Waals surface area contributed by atoms with E-state index in [1.165, 1.54) is 23.5 Å². The van der Waals surface area contributed by atoms with Crippen LogP contribution in [-0.2, 0) is 0 Å². The van der Waals surface area contributed by atoms with E-state index < -0.39 is 11.8 Å². The number of amides is 3. The van der Waals surface area contributed by atoms with Crippen molar-refractivity contribution in [3.8, 4) is 17.2 Å². The molecule has 0 aliphatic heterocycles. The predicted octanol–water partition coefficient (Wildman–Crippen LogP) is 4.27. The highest BCUT2D eigenvalue weighted by molar-refractivity contribution is 7.12. The maximum Gasteiger partial charge on any atom is 0.271 e. The molecule has 1 aromatic heterocycles. The smallest absolute Gasteiger partial charge is 0.271 e. The molecule has 10 heteroatoms. The van der Waals surface area contributed by atoms with E-state index in [1.807, 2.05) is 20.8 Å². The SMILES string of the molecule is CCOc1cc(C(=O)NNC(=O)c2ccccc2NC(=O)c2cccs2)cc(OCC)c1OCC. The molecule has 3 amide bonds. The average Bonchev–Trinajstić information content (AvgIpc) is 3.40. The normalized spacial score (nSPS) is 10.3. The molecule has 2 aromatic carbocycles. The summed E-state index contributed by atoms with van der Waals surface area (Å²) in [6, 6.07) is 13.0. The molecule has 3 rings (SSSR count). The third-order valence-corrected chi connectivity index (χ3v) is 5.49. The highest BCUT2D eigenvalue weighted by Crippen LogP contribution is 2.39. The lowest BCUT2D eigenvalue weighted by atomic mass is 10.1. The number of hydrazine groups is 1. The van der Waals surface area contributed by atoms with Gasteiger partial charge in [-0.25, -0.2) is 0 Å². The number of carbonyl (C=O) groups is 3. The van der Waals surface area contributed by atoms with E-state index >= 15 is 0 Å². The Labute approximate surface area is 207 Å². The van der Waals surface area contributed by atoms with Gasteiger partial charge >= 0.3 is 0 Å². The first-order valence-corrected chi connectivity index (χ1v) is 12.0. The minimum Gasteiger partial charge on any atom is -0.490 e. The second-order valence-electron chi connectivity index (χ2n) is 6.99. The Balaban J connectivity index is 1.75. The molecule has 0 aliphatic rings. The van der Waals surface area contributed by atoms with Crippen LogP contribution in [0.4, 0.5) is 5.69 Å². The van der Waals surface area contributed by atoms with Crippen molar-refractivity contribution in [2.75, 3.05) is 25.1 Å². The molecular weight excluding hydrogens is 470 g/mol. The van der Waals surface area contributed by atoms with Crippen LogP contribution in [0.1, 0.15) is 51.2 Å². The largest absolute Gasteiger partial charge is 0.490 e. The van der Waals surface area contributed by atoms with E-state index in [9.17, 15) is 14.4 Å².